The highest BCUT2D eigenvalue weighted by Crippen LogP contribution is 2.20. The molecule has 1 rings (SSSR count). The van der Waals surface area contributed by atoms with E-state index in [0.29, 0.717) is 12.1 Å². The maximum atomic E-state index is 11.4. The summed E-state index contributed by atoms with van der Waals surface area (Å²) in [6.45, 7) is 6.23. The van der Waals surface area contributed by atoms with Crippen molar-refractivity contribution in [2.75, 3.05) is 20.7 Å². The van der Waals surface area contributed by atoms with Crippen LogP contribution in [0.5, 0.6) is 0 Å². The number of rotatable bonds is 2. The molecule has 0 aromatic heterocycles. The predicted molar refractivity (Wildman–Crippen MR) is 55.6 cm³/mol. The smallest absolute Gasteiger partial charge is 0.253 e. The molecule has 0 atom stereocenters. The van der Waals surface area contributed by atoms with Gasteiger partial charge in [0.15, 0.2) is 0 Å². The molecule has 0 aromatic rings. The molecule has 0 saturated carbocycles. The number of hydrogen-bond donors (Lipinski definition) is 0. The summed E-state index contributed by atoms with van der Waals surface area (Å²) in [7, 11) is 3.38. The Kier molecular flexibility index (Phi) is 3.12. The summed E-state index contributed by atoms with van der Waals surface area (Å²) >= 11 is 0. The van der Waals surface area contributed by atoms with Gasteiger partial charge in [0.1, 0.15) is 0 Å². The fourth-order valence-corrected chi connectivity index (χ4v) is 1.23. The molecule has 3 heteroatoms. The molecule has 0 radical (unpaired) electrons. The first-order valence-electron chi connectivity index (χ1n) is 4.42. The fraction of sp³-hybridized carbons (Fsp3) is 0.364. The molecule has 76 valence electrons. The number of hydrogen-bond acceptors (Lipinski definition) is 2. The minimum Gasteiger partial charge on any atom is -0.501 e. The maximum Gasteiger partial charge on any atom is 0.253 e. The van der Waals surface area contributed by atoms with E-state index < -0.39 is 0 Å². The number of ether oxygens (including phenoxy) is 1. The summed E-state index contributed by atoms with van der Waals surface area (Å²) in [5.74, 6) is 0.812. The molecular formula is C11H15NO2. The van der Waals surface area contributed by atoms with E-state index in [0.717, 1.165) is 11.3 Å². The summed E-state index contributed by atoms with van der Waals surface area (Å²) < 4.78 is 4.99. The standard InChI is InChI=1S/C11H15NO2/c1-8(14-4)5-6-10-7-12(3)11(13)9(10)2/h5-6H,2,7H2,1,3-4H3/b8-5+,10-6-. The third kappa shape index (κ3) is 2.05. The van der Waals surface area contributed by atoms with Crippen LogP contribution < -0.4 is 0 Å². The summed E-state index contributed by atoms with van der Waals surface area (Å²) in [6, 6.07) is 0. The van der Waals surface area contributed by atoms with E-state index in [1.807, 2.05) is 19.1 Å². The van der Waals surface area contributed by atoms with Gasteiger partial charge >= 0.3 is 0 Å². The van der Waals surface area contributed by atoms with Crippen molar-refractivity contribution in [3.63, 3.8) is 0 Å². The summed E-state index contributed by atoms with van der Waals surface area (Å²) in [4.78, 5) is 13.0. The van der Waals surface area contributed by atoms with E-state index in [-0.39, 0.29) is 5.91 Å². The summed E-state index contributed by atoms with van der Waals surface area (Å²) in [5, 5.41) is 0. The maximum absolute atomic E-state index is 11.4. The van der Waals surface area contributed by atoms with E-state index in [1.165, 1.54) is 0 Å². The van der Waals surface area contributed by atoms with Gasteiger partial charge in [-0.15, -0.1) is 0 Å². The average Bonchev–Trinajstić information content (AvgIpc) is 2.42. The molecule has 1 heterocycles. The number of likely N-dealkylation sites (N-methyl/N-ethyl adjacent to an activating group) is 1. The van der Waals surface area contributed by atoms with Crippen LogP contribution in [0.1, 0.15) is 6.92 Å². The molecule has 0 aliphatic carbocycles. The van der Waals surface area contributed by atoms with Gasteiger partial charge in [-0.3, -0.25) is 4.79 Å². The van der Waals surface area contributed by atoms with E-state index >= 15 is 0 Å². The third-order valence-corrected chi connectivity index (χ3v) is 2.24. The Morgan fingerprint density at radius 3 is 2.71 bits per heavy atom. The van der Waals surface area contributed by atoms with Gasteiger partial charge in [0.2, 0.25) is 0 Å². The van der Waals surface area contributed by atoms with Crippen LogP contribution in [-0.4, -0.2) is 31.5 Å². The van der Waals surface area contributed by atoms with Gasteiger partial charge in [-0.2, -0.15) is 0 Å². The van der Waals surface area contributed by atoms with Crippen molar-refractivity contribution >= 4 is 5.91 Å². The second-order valence-electron chi connectivity index (χ2n) is 3.31. The quantitative estimate of drug-likeness (QED) is 0.491. The summed E-state index contributed by atoms with van der Waals surface area (Å²) in [6.07, 6.45) is 3.72. The molecule has 0 unspecified atom stereocenters. The van der Waals surface area contributed by atoms with Crippen LogP contribution >= 0.6 is 0 Å². The SMILES string of the molecule is C=C1C(=O)N(C)C/C1=C/C=C(\C)OC. The van der Waals surface area contributed by atoms with Gasteiger partial charge in [0.25, 0.3) is 5.91 Å². The van der Waals surface area contributed by atoms with Crippen LogP contribution in [0.25, 0.3) is 0 Å². The fourth-order valence-electron chi connectivity index (χ4n) is 1.23. The van der Waals surface area contributed by atoms with Crippen LogP contribution in [0.4, 0.5) is 0 Å². The molecule has 14 heavy (non-hydrogen) atoms. The highest BCUT2D eigenvalue weighted by atomic mass is 16.5. The number of amides is 1. The number of nitrogens with zero attached hydrogens (tertiary/aromatic N) is 1. The molecule has 1 fully saturated rings. The first kappa shape index (κ1) is 10.6. The topological polar surface area (TPSA) is 29.5 Å². The van der Waals surface area contributed by atoms with Gasteiger partial charge in [0, 0.05) is 19.2 Å². The highest BCUT2D eigenvalue weighted by molar-refractivity contribution is 6.00. The van der Waals surface area contributed by atoms with Gasteiger partial charge in [-0.05, 0) is 18.6 Å². The number of methoxy groups -OCH3 is 1. The van der Waals surface area contributed by atoms with Crippen molar-refractivity contribution in [2.24, 2.45) is 0 Å². The molecule has 0 N–H and O–H groups in total. The molecule has 1 saturated heterocycles. The average molecular weight is 193 g/mol. The molecule has 1 amide bonds. The second kappa shape index (κ2) is 4.13. The zero-order valence-corrected chi connectivity index (χ0v) is 8.83. The predicted octanol–water partition coefficient (Wildman–Crippen LogP) is 1.49. The minimum absolute atomic E-state index is 0.000259. The molecule has 0 aromatic carbocycles. The Morgan fingerprint density at radius 2 is 2.29 bits per heavy atom. The zero-order chi connectivity index (χ0) is 10.7. The van der Waals surface area contributed by atoms with Crippen LogP contribution in [-0.2, 0) is 9.53 Å². The lowest BCUT2D eigenvalue weighted by Gasteiger charge is -2.03. The van der Waals surface area contributed by atoms with Crippen LogP contribution in [0.3, 0.4) is 0 Å². The molecule has 1 aliphatic rings. The van der Waals surface area contributed by atoms with Crippen molar-refractivity contribution < 1.29 is 9.53 Å². The van der Waals surface area contributed by atoms with Gasteiger partial charge < -0.3 is 9.64 Å². The lowest BCUT2D eigenvalue weighted by Crippen LogP contribution is -2.18. The Hall–Kier alpha value is -1.51. The van der Waals surface area contributed by atoms with Gasteiger partial charge in [0.05, 0.1) is 12.9 Å². The molecule has 3 nitrogen and oxygen atoms in total. The first-order valence-corrected chi connectivity index (χ1v) is 4.42. The van der Waals surface area contributed by atoms with Crippen molar-refractivity contribution in [3.05, 3.63) is 35.6 Å². The highest BCUT2D eigenvalue weighted by Gasteiger charge is 2.24. The zero-order valence-electron chi connectivity index (χ0n) is 8.83. The molecular weight excluding hydrogens is 178 g/mol. The monoisotopic (exact) mass is 193 g/mol. The largest absolute Gasteiger partial charge is 0.501 e. The number of likely N-dealkylation sites (tertiary alicyclic amines) is 1. The molecule has 0 spiro atoms. The number of carbonyl (C=O) groups excluding carboxylic acids is 1. The van der Waals surface area contributed by atoms with Crippen molar-refractivity contribution in [2.45, 2.75) is 6.92 Å². The van der Waals surface area contributed by atoms with Crippen molar-refractivity contribution in [1.82, 2.24) is 4.90 Å². The van der Waals surface area contributed by atoms with Crippen LogP contribution in [0, 0.1) is 0 Å². The van der Waals surface area contributed by atoms with Gasteiger partial charge in [-0.25, -0.2) is 0 Å². The first-order chi connectivity index (χ1) is 6.56. The normalized spacial score (nSPS) is 20.9. The van der Waals surface area contributed by atoms with Crippen molar-refractivity contribution in [3.8, 4) is 0 Å². The minimum atomic E-state index is -0.000259. The van der Waals surface area contributed by atoms with Crippen LogP contribution in [0.2, 0.25) is 0 Å². The Balaban J connectivity index is 2.81. The molecule has 0 bridgehead atoms. The number of allylic oxidation sites excluding steroid dienone is 3. The van der Waals surface area contributed by atoms with Gasteiger partial charge in [-0.1, -0.05) is 12.7 Å². The molecule has 1 aliphatic heterocycles. The second-order valence-corrected chi connectivity index (χ2v) is 3.31. The number of carbonyl (C=O) groups is 1. The lowest BCUT2D eigenvalue weighted by atomic mass is 10.1. The van der Waals surface area contributed by atoms with Crippen molar-refractivity contribution in [1.29, 1.82) is 0 Å². The van der Waals surface area contributed by atoms with Crippen LogP contribution in [0.15, 0.2) is 35.6 Å². The summed E-state index contributed by atoms with van der Waals surface area (Å²) in [5.41, 5.74) is 1.53. The lowest BCUT2D eigenvalue weighted by molar-refractivity contribution is -0.123. The third-order valence-electron chi connectivity index (χ3n) is 2.24. The Morgan fingerprint density at radius 1 is 1.64 bits per heavy atom. The van der Waals surface area contributed by atoms with E-state index in [9.17, 15) is 4.79 Å². The van der Waals surface area contributed by atoms with E-state index in [2.05, 4.69) is 6.58 Å². The van der Waals surface area contributed by atoms with E-state index in [4.69, 9.17) is 4.74 Å². The Labute approximate surface area is 84.3 Å². The van der Waals surface area contributed by atoms with E-state index in [1.54, 1.807) is 19.1 Å². The Bertz CT molecular complexity index is 326.